The molecular weight excluding hydrogens is 487 g/mol. The topological polar surface area (TPSA) is 49.3 Å². The highest BCUT2D eigenvalue weighted by atomic mass is 127. The third kappa shape index (κ3) is 7.18. The number of thioether (sulfide) groups is 1. The number of morpholine rings is 1. The molecule has 6 nitrogen and oxygen atoms in total. The third-order valence-corrected chi connectivity index (χ3v) is 7.35. The van der Waals surface area contributed by atoms with E-state index in [-0.39, 0.29) is 28.7 Å². The van der Waals surface area contributed by atoms with Crippen LogP contribution in [-0.4, -0.2) is 98.5 Å². The zero-order chi connectivity index (χ0) is 19.0. The van der Waals surface area contributed by atoms with E-state index in [2.05, 4.69) is 40.7 Å². The number of hydrogen-bond donors (Lipinski definition) is 1. The van der Waals surface area contributed by atoms with Gasteiger partial charge in [-0.3, -0.25) is 9.89 Å². The number of halogens is 1. The van der Waals surface area contributed by atoms with Gasteiger partial charge in [-0.2, -0.15) is 11.8 Å². The Morgan fingerprint density at radius 2 is 1.82 bits per heavy atom. The summed E-state index contributed by atoms with van der Waals surface area (Å²) in [5, 5.41) is 3.55. The van der Waals surface area contributed by atoms with E-state index in [0.29, 0.717) is 0 Å². The van der Waals surface area contributed by atoms with Crippen LogP contribution in [0, 0.1) is 5.92 Å². The van der Waals surface area contributed by atoms with Gasteiger partial charge < -0.3 is 19.7 Å². The molecule has 3 saturated heterocycles. The van der Waals surface area contributed by atoms with Crippen LogP contribution in [-0.2, 0) is 9.47 Å². The number of likely N-dealkylation sites (tertiary alicyclic amines) is 1. The van der Waals surface area contributed by atoms with Crippen molar-refractivity contribution in [1.82, 2.24) is 15.1 Å². The Morgan fingerprint density at radius 1 is 1.11 bits per heavy atom. The second kappa shape index (κ2) is 12.8. The molecule has 0 bridgehead atoms. The number of nitrogens with zero attached hydrogens (tertiary/aromatic N) is 3. The first-order valence-corrected chi connectivity index (χ1v) is 11.8. The Hall–Kier alpha value is 0.230. The summed E-state index contributed by atoms with van der Waals surface area (Å²) in [5.41, 5.74) is 0. The van der Waals surface area contributed by atoms with Crippen LogP contribution in [0.1, 0.15) is 33.1 Å². The van der Waals surface area contributed by atoms with Crippen molar-refractivity contribution in [2.24, 2.45) is 10.9 Å². The normalized spacial score (nSPS) is 26.1. The molecule has 0 radical (unpaired) electrons. The minimum absolute atomic E-state index is 0. The summed E-state index contributed by atoms with van der Waals surface area (Å²) in [6, 6.07) is 0. The molecular formula is C20H39IN4O2S. The van der Waals surface area contributed by atoms with Gasteiger partial charge in [0.05, 0.1) is 19.8 Å². The molecule has 3 aliphatic rings. The van der Waals surface area contributed by atoms with E-state index in [9.17, 15) is 0 Å². The van der Waals surface area contributed by atoms with E-state index in [1.54, 1.807) is 0 Å². The minimum Gasteiger partial charge on any atom is -0.381 e. The maximum absolute atomic E-state index is 5.61. The van der Waals surface area contributed by atoms with Gasteiger partial charge in [-0.1, -0.05) is 6.92 Å². The molecule has 0 aliphatic carbocycles. The summed E-state index contributed by atoms with van der Waals surface area (Å²) in [5.74, 6) is 3.01. The highest BCUT2D eigenvalue weighted by Gasteiger charge is 2.33. The molecule has 3 aliphatic heterocycles. The maximum Gasteiger partial charge on any atom is 0.193 e. The third-order valence-electron chi connectivity index (χ3n) is 5.91. The molecule has 164 valence electrons. The van der Waals surface area contributed by atoms with E-state index in [0.717, 1.165) is 96.2 Å². The van der Waals surface area contributed by atoms with Gasteiger partial charge in [0.2, 0.25) is 0 Å². The van der Waals surface area contributed by atoms with E-state index in [1.807, 2.05) is 0 Å². The summed E-state index contributed by atoms with van der Waals surface area (Å²) in [4.78, 5) is 10.2. The van der Waals surface area contributed by atoms with Crippen LogP contribution in [0.15, 0.2) is 4.99 Å². The van der Waals surface area contributed by atoms with Gasteiger partial charge in [-0.05, 0) is 37.9 Å². The van der Waals surface area contributed by atoms with Gasteiger partial charge in [0.1, 0.15) is 0 Å². The van der Waals surface area contributed by atoms with Crippen LogP contribution in [0.25, 0.3) is 0 Å². The molecule has 0 amide bonds. The zero-order valence-corrected chi connectivity index (χ0v) is 20.8. The van der Waals surface area contributed by atoms with E-state index >= 15 is 0 Å². The molecule has 1 atom stereocenters. The van der Waals surface area contributed by atoms with Gasteiger partial charge in [-0.15, -0.1) is 24.0 Å². The quantitative estimate of drug-likeness (QED) is 0.313. The lowest BCUT2D eigenvalue weighted by molar-refractivity contribution is 0.0315. The Labute approximate surface area is 192 Å². The molecule has 0 aromatic heterocycles. The van der Waals surface area contributed by atoms with Crippen LogP contribution < -0.4 is 5.32 Å². The lowest BCUT2D eigenvalue weighted by Crippen LogP contribution is -2.43. The van der Waals surface area contributed by atoms with Crippen molar-refractivity contribution in [1.29, 1.82) is 0 Å². The molecule has 3 heterocycles. The highest BCUT2D eigenvalue weighted by molar-refractivity contribution is 14.0. The molecule has 28 heavy (non-hydrogen) atoms. The number of hydrogen-bond acceptors (Lipinski definition) is 5. The molecule has 8 heteroatoms. The van der Waals surface area contributed by atoms with Crippen molar-refractivity contribution in [3.05, 3.63) is 0 Å². The minimum atomic E-state index is 0. The van der Waals surface area contributed by atoms with Gasteiger partial charge in [-0.25, -0.2) is 0 Å². The standard InChI is InChI=1S/C20H38N4O2S.HI/c1-3-21-19(22-17-20(27-4-2)6-11-25-12-7-20)24-8-5-18(16-24)15-23-9-13-26-14-10-23;/h18H,3-17H2,1-2H3,(H,21,22);1H. The monoisotopic (exact) mass is 526 g/mol. The van der Waals surface area contributed by atoms with Crippen LogP contribution in [0.3, 0.4) is 0 Å². The number of aliphatic imine (C=N–C) groups is 1. The van der Waals surface area contributed by atoms with Gasteiger partial charge in [0.25, 0.3) is 0 Å². The zero-order valence-electron chi connectivity index (χ0n) is 17.7. The average Bonchev–Trinajstić information content (AvgIpc) is 3.15. The predicted octanol–water partition coefficient (Wildman–Crippen LogP) is 2.53. The maximum atomic E-state index is 5.61. The lowest BCUT2D eigenvalue weighted by Gasteiger charge is -2.35. The SMILES string of the molecule is CCNC(=NCC1(SCC)CCOCC1)N1CCC(CN2CCOCC2)C1.I. The lowest BCUT2D eigenvalue weighted by atomic mass is 9.99. The number of rotatable bonds is 7. The van der Waals surface area contributed by atoms with Crippen molar-refractivity contribution in [3.8, 4) is 0 Å². The van der Waals surface area contributed by atoms with Crippen LogP contribution in [0.4, 0.5) is 0 Å². The first-order valence-electron chi connectivity index (χ1n) is 10.8. The summed E-state index contributed by atoms with van der Waals surface area (Å²) in [7, 11) is 0. The summed E-state index contributed by atoms with van der Waals surface area (Å²) in [6.45, 7) is 15.4. The molecule has 1 unspecified atom stereocenters. The smallest absolute Gasteiger partial charge is 0.193 e. The Morgan fingerprint density at radius 3 is 2.50 bits per heavy atom. The van der Waals surface area contributed by atoms with Gasteiger partial charge >= 0.3 is 0 Å². The first kappa shape index (κ1) is 24.5. The van der Waals surface area contributed by atoms with E-state index in [4.69, 9.17) is 14.5 Å². The summed E-state index contributed by atoms with van der Waals surface area (Å²) >= 11 is 2.07. The Kier molecular flexibility index (Phi) is 11.2. The summed E-state index contributed by atoms with van der Waals surface area (Å²) < 4.78 is 11.4. The Bertz CT molecular complexity index is 466. The predicted molar refractivity (Wildman–Crippen MR) is 129 cm³/mol. The molecule has 0 spiro atoms. The van der Waals surface area contributed by atoms with Crippen LogP contribution >= 0.6 is 35.7 Å². The van der Waals surface area contributed by atoms with Gasteiger partial charge in [0, 0.05) is 57.2 Å². The van der Waals surface area contributed by atoms with Crippen LogP contribution in [0.5, 0.6) is 0 Å². The molecule has 0 saturated carbocycles. The van der Waals surface area contributed by atoms with Crippen molar-refractivity contribution in [2.75, 3.05) is 78.0 Å². The highest BCUT2D eigenvalue weighted by Crippen LogP contribution is 2.35. The Balaban J connectivity index is 0.00000280. The van der Waals surface area contributed by atoms with Crippen molar-refractivity contribution < 1.29 is 9.47 Å². The van der Waals surface area contributed by atoms with Crippen molar-refractivity contribution >= 4 is 41.7 Å². The number of nitrogens with one attached hydrogen (secondary N) is 1. The second-order valence-corrected chi connectivity index (χ2v) is 9.64. The number of guanidine groups is 1. The fourth-order valence-corrected chi connectivity index (χ4v) is 5.59. The first-order chi connectivity index (χ1) is 13.2. The van der Waals surface area contributed by atoms with Crippen molar-refractivity contribution in [2.45, 2.75) is 37.9 Å². The molecule has 3 fully saturated rings. The second-order valence-electron chi connectivity index (χ2n) is 7.91. The van der Waals surface area contributed by atoms with Crippen LogP contribution in [0.2, 0.25) is 0 Å². The molecule has 1 N–H and O–H groups in total. The molecule has 3 rings (SSSR count). The van der Waals surface area contributed by atoms with E-state index in [1.165, 1.54) is 13.0 Å². The average molecular weight is 527 g/mol. The number of ether oxygens (including phenoxy) is 2. The van der Waals surface area contributed by atoms with Gasteiger partial charge in [0.15, 0.2) is 5.96 Å². The summed E-state index contributed by atoms with van der Waals surface area (Å²) in [6.07, 6.45) is 3.51. The molecule has 0 aromatic carbocycles. The van der Waals surface area contributed by atoms with E-state index < -0.39 is 0 Å². The fourth-order valence-electron chi connectivity index (χ4n) is 4.37. The molecule has 0 aromatic rings. The fraction of sp³-hybridized carbons (Fsp3) is 0.950. The van der Waals surface area contributed by atoms with Crippen molar-refractivity contribution in [3.63, 3.8) is 0 Å². The largest absolute Gasteiger partial charge is 0.381 e.